The molecule has 0 aromatic heterocycles. The normalized spacial score (nSPS) is 19.3. The van der Waals surface area contributed by atoms with Crippen LogP contribution in [0, 0.1) is 13.8 Å². The fourth-order valence-electron chi connectivity index (χ4n) is 2.65. The van der Waals surface area contributed by atoms with Gasteiger partial charge in [0.2, 0.25) is 5.91 Å². The summed E-state index contributed by atoms with van der Waals surface area (Å²) in [4.78, 5) is 14.0. The maximum atomic E-state index is 12.0. The van der Waals surface area contributed by atoms with Crippen molar-refractivity contribution in [3.63, 3.8) is 0 Å². The van der Waals surface area contributed by atoms with Crippen LogP contribution in [0.2, 0.25) is 0 Å². The van der Waals surface area contributed by atoms with Crippen molar-refractivity contribution in [2.45, 2.75) is 39.2 Å². The second kappa shape index (κ2) is 5.53. The number of nitrogens with zero attached hydrogens (tertiary/aromatic N) is 1. The minimum Gasteiger partial charge on any atom is -0.336 e. The maximum absolute atomic E-state index is 12.0. The lowest BCUT2D eigenvalue weighted by Crippen LogP contribution is -2.31. The van der Waals surface area contributed by atoms with Crippen LogP contribution in [-0.2, 0) is 4.79 Å². The minimum atomic E-state index is 0.193. The lowest BCUT2D eigenvalue weighted by molar-refractivity contribution is -0.131. The molecule has 1 aliphatic heterocycles. The van der Waals surface area contributed by atoms with Gasteiger partial charge in [0.05, 0.1) is 6.04 Å². The molecule has 18 heavy (non-hydrogen) atoms. The van der Waals surface area contributed by atoms with E-state index in [-0.39, 0.29) is 11.9 Å². The number of rotatable bonds is 3. The molecule has 0 aliphatic carbocycles. The number of benzene rings is 1. The fraction of sp³-hybridized carbons (Fsp3) is 0.533. The first-order valence-electron chi connectivity index (χ1n) is 6.70. The molecule has 0 saturated carbocycles. The molecule has 1 fully saturated rings. The summed E-state index contributed by atoms with van der Waals surface area (Å²) >= 11 is 0. The van der Waals surface area contributed by atoms with E-state index in [0.717, 1.165) is 19.4 Å². The molecule has 3 heteroatoms. The van der Waals surface area contributed by atoms with Crippen LogP contribution in [0.1, 0.15) is 42.0 Å². The summed E-state index contributed by atoms with van der Waals surface area (Å²) in [5.74, 6) is 0.193. The topological polar surface area (TPSA) is 46.3 Å². The van der Waals surface area contributed by atoms with Gasteiger partial charge in [-0.15, -0.1) is 0 Å². The van der Waals surface area contributed by atoms with Crippen LogP contribution < -0.4 is 5.73 Å². The molecule has 3 nitrogen and oxygen atoms in total. The summed E-state index contributed by atoms with van der Waals surface area (Å²) in [6.45, 7) is 5.55. The Bertz CT molecular complexity index is 442. The zero-order valence-corrected chi connectivity index (χ0v) is 11.3. The van der Waals surface area contributed by atoms with Gasteiger partial charge in [-0.2, -0.15) is 0 Å². The van der Waals surface area contributed by atoms with Gasteiger partial charge in [-0.3, -0.25) is 4.79 Å². The molecule has 0 spiro atoms. The Morgan fingerprint density at radius 2 is 2.17 bits per heavy atom. The van der Waals surface area contributed by atoms with Crippen LogP contribution in [-0.4, -0.2) is 23.9 Å². The van der Waals surface area contributed by atoms with Gasteiger partial charge in [0.15, 0.2) is 0 Å². The first-order valence-corrected chi connectivity index (χ1v) is 6.70. The average Bonchev–Trinajstić information content (AvgIpc) is 2.82. The number of carbonyl (C=O) groups is 1. The van der Waals surface area contributed by atoms with Gasteiger partial charge >= 0.3 is 0 Å². The van der Waals surface area contributed by atoms with Crippen LogP contribution >= 0.6 is 0 Å². The molecule has 2 rings (SSSR count). The van der Waals surface area contributed by atoms with Crippen molar-refractivity contribution in [1.82, 2.24) is 4.90 Å². The molecule has 0 radical (unpaired) electrons. The largest absolute Gasteiger partial charge is 0.336 e. The second-order valence-electron chi connectivity index (χ2n) is 5.13. The Hall–Kier alpha value is -1.35. The molecule has 1 aromatic carbocycles. The number of carbonyl (C=O) groups excluding carboxylic acids is 1. The van der Waals surface area contributed by atoms with Gasteiger partial charge < -0.3 is 10.6 Å². The fourth-order valence-corrected chi connectivity index (χ4v) is 2.65. The van der Waals surface area contributed by atoms with Crippen LogP contribution in [0.4, 0.5) is 0 Å². The molecule has 1 unspecified atom stereocenters. The predicted octanol–water partition coefficient (Wildman–Crippen LogP) is 2.32. The maximum Gasteiger partial charge on any atom is 0.224 e. The number of amides is 1. The predicted molar refractivity (Wildman–Crippen MR) is 73.3 cm³/mol. The van der Waals surface area contributed by atoms with Gasteiger partial charge in [-0.25, -0.2) is 0 Å². The van der Waals surface area contributed by atoms with E-state index in [4.69, 9.17) is 5.73 Å². The Balaban J connectivity index is 2.20. The summed E-state index contributed by atoms with van der Waals surface area (Å²) in [5.41, 5.74) is 9.34. The smallest absolute Gasteiger partial charge is 0.224 e. The summed E-state index contributed by atoms with van der Waals surface area (Å²) in [6, 6.07) is 6.77. The summed E-state index contributed by atoms with van der Waals surface area (Å²) < 4.78 is 0. The van der Waals surface area contributed by atoms with Crippen molar-refractivity contribution < 1.29 is 4.79 Å². The summed E-state index contributed by atoms with van der Waals surface area (Å²) in [6.07, 6.45) is 2.62. The molecule has 98 valence electrons. The quantitative estimate of drug-likeness (QED) is 0.889. The highest BCUT2D eigenvalue weighted by Crippen LogP contribution is 2.33. The standard InChI is InChI=1S/C15H22N2O/c1-11-5-6-13(10-12(11)2)14-4-3-9-17(14)15(18)7-8-16/h5-6,10,14H,3-4,7-9,16H2,1-2H3. The molecule has 1 aliphatic rings. The average molecular weight is 246 g/mol. The lowest BCUT2D eigenvalue weighted by Gasteiger charge is -2.25. The van der Waals surface area contributed by atoms with Gasteiger partial charge in [0.1, 0.15) is 0 Å². The van der Waals surface area contributed by atoms with Gasteiger partial charge in [0.25, 0.3) is 0 Å². The van der Waals surface area contributed by atoms with Gasteiger partial charge in [-0.1, -0.05) is 18.2 Å². The number of likely N-dealkylation sites (tertiary alicyclic amines) is 1. The summed E-state index contributed by atoms with van der Waals surface area (Å²) in [7, 11) is 0. The zero-order chi connectivity index (χ0) is 13.1. The van der Waals surface area contributed by atoms with Gasteiger partial charge in [0, 0.05) is 19.5 Å². The van der Waals surface area contributed by atoms with Crippen LogP contribution in [0.25, 0.3) is 0 Å². The molecular formula is C15H22N2O. The van der Waals surface area contributed by atoms with Crippen LogP contribution in [0.3, 0.4) is 0 Å². The third kappa shape index (κ3) is 2.56. The highest BCUT2D eigenvalue weighted by atomic mass is 16.2. The SMILES string of the molecule is Cc1ccc(C2CCCN2C(=O)CCN)cc1C. The Morgan fingerprint density at radius 3 is 2.83 bits per heavy atom. The number of hydrogen-bond acceptors (Lipinski definition) is 2. The first kappa shape index (κ1) is 13.1. The van der Waals surface area contributed by atoms with Crippen LogP contribution in [0.5, 0.6) is 0 Å². The molecule has 0 bridgehead atoms. The van der Waals surface area contributed by atoms with E-state index >= 15 is 0 Å². The first-order chi connectivity index (χ1) is 8.63. The molecule has 1 heterocycles. The van der Waals surface area contributed by atoms with Crippen molar-refractivity contribution in [3.8, 4) is 0 Å². The van der Waals surface area contributed by atoms with E-state index in [0.29, 0.717) is 13.0 Å². The van der Waals surface area contributed by atoms with Crippen molar-refractivity contribution >= 4 is 5.91 Å². The highest BCUT2D eigenvalue weighted by Gasteiger charge is 2.29. The van der Waals surface area contributed by atoms with E-state index in [1.807, 2.05) is 4.90 Å². The van der Waals surface area contributed by atoms with Crippen LogP contribution in [0.15, 0.2) is 18.2 Å². The minimum absolute atomic E-state index is 0.193. The van der Waals surface area contributed by atoms with Crippen molar-refractivity contribution in [2.24, 2.45) is 5.73 Å². The van der Waals surface area contributed by atoms with E-state index in [9.17, 15) is 4.79 Å². The van der Waals surface area contributed by atoms with E-state index in [2.05, 4.69) is 32.0 Å². The second-order valence-corrected chi connectivity index (χ2v) is 5.13. The molecular weight excluding hydrogens is 224 g/mol. The molecule has 1 atom stereocenters. The van der Waals surface area contributed by atoms with Gasteiger partial charge in [-0.05, 0) is 43.4 Å². The Labute approximate surface area is 109 Å². The number of nitrogens with two attached hydrogens (primary N) is 1. The van der Waals surface area contributed by atoms with E-state index in [1.54, 1.807) is 0 Å². The molecule has 1 saturated heterocycles. The molecule has 2 N–H and O–H groups in total. The third-order valence-electron chi connectivity index (χ3n) is 3.85. The lowest BCUT2D eigenvalue weighted by atomic mass is 9.99. The van der Waals surface area contributed by atoms with Crippen molar-refractivity contribution in [2.75, 3.05) is 13.1 Å². The third-order valence-corrected chi connectivity index (χ3v) is 3.85. The zero-order valence-electron chi connectivity index (χ0n) is 11.3. The number of hydrogen-bond donors (Lipinski definition) is 1. The molecule has 1 aromatic rings. The monoisotopic (exact) mass is 246 g/mol. The number of aryl methyl sites for hydroxylation is 2. The Morgan fingerprint density at radius 1 is 1.39 bits per heavy atom. The summed E-state index contributed by atoms with van der Waals surface area (Å²) in [5, 5.41) is 0. The Kier molecular flexibility index (Phi) is 4.02. The highest BCUT2D eigenvalue weighted by molar-refractivity contribution is 5.77. The molecule has 1 amide bonds. The van der Waals surface area contributed by atoms with Crippen molar-refractivity contribution in [3.05, 3.63) is 34.9 Å². The van der Waals surface area contributed by atoms with E-state index < -0.39 is 0 Å². The van der Waals surface area contributed by atoms with Crippen molar-refractivity contribution in [1.29, 1.82) is 0 Å². The van der Waals surface area contributed by atoms with E-state index in [1.165, 1.54) is 16.7 Å².